The van der Waals surface area contributed by atoms with Gasteiger partial charge in [0.25, 0.3) is 0 Å². The summed E-state index contributed by atoms with van der Waals surface area (Å²) in [6.07, 6.45) is -2.32. The van der Waals surface area contributed by atoms with Gasteiger partial charge >= 0.3 is 17.6 Å². The topological polar surface area (TPSA) is 196 Å². The van der Waals surface area contributed by atoms with Crippen molar-refractivity contribution in [1.82, 2.24) is 0 Å². The third-order valence-electron chi connectivity index (χ3n) is 12.2. The Labute approximate surface area is 271 Å². The Hall–Kier alpha value is -2.97. The quantitative estimate of drug-likeness (QED) is 0.227. The Kier molecular flexibility index (Phi) is 8.56. The van der Waals surface area contributed by atoms with Gasteiger partial charge < -0.3 is 43.5 Å². The highest BCUT2D eigenvalue weighted by Crippen LogP contribution is 2.70. The number of hydrogen-bond acceptors (Lipinski definition) is 13. The Morgan fingerprint density at radius 2 is 1.74 bits per heavy atom. The van der Waals surface area contributed by atoms with Crippen LogP contribution in [0.2, 0.25) is 0 Å². The molecule has 6 rings (SSSR count). The van der Waals surface area contributed by atoms with E-state index in [1.54, 1.807) is 19.9 Å². The maximum atomic E-state index is 14.2. The summed E-state index contributed by atoms with van der Waals surface area (Å²) in [7, 11) is 0. The third-order valence-corrected chi connectivity index (χ3v) is 12.2. The van der Waals surface area contributed by atoms with E-state index in [-0.39, 0.29) is 44.9 Å². The molecule has 13 nitrogen and oxygen atoms in total. The number of fused-ring (bicyclic) bond motifs is 5. The number of hydrogen-bond donors (Lipinski definition) is 3. The summed E-state index contributed by atoms with van der Waals surface area (Å²) in [5.41, 5.74) is -6.25. The van der Waals surface area contributed by atoms with Crippen LogP contribution in [0.25, 0.3) is 0 Å². The molecule has 1 aliphatic heterocycles. The summed E-state index contributed by atoms with van der Waals surface area (Å²) in [6.45, 7) is 5.89. The zero-order valence-electron chi connectivity index (χ0n) is 27.1. The van der Waals surface area contributed by atoms with Crippen molar-refractivity contribution < 1.29 is 57.9 Å². The number of aldehydes is 1. The number of aliphatic hydroxyl groups is 3. The van der Waals surface area contributed by atoms with Crippen LogP contribution < -0.4 is 5.63 Å². The normalized spacial score (nSPS) is 46.0. The summed E-state index contributed by atoms with van der Waals surface area (Å²) in [4.78, 5) is 62.9. The van der Waals surface area contributed by atoms with Crippen molar-refractivity contribution in [1.29, 1.82) is 0 Å². The van der Waals surface area contributed by atoms with E-state index in [1.165, 1.54) is 26.2 Å². The highest BCUT2D eigenvalue weighted by atomic mass is 16.7. The van der Waals surface area contributed by atoms with E-state index in [0.29, 0.717) is 18.3 Å². The Morgan fingerprint density at radius 3 is 2.38 bits per heavy atom. The molecule has 1 aromatic rings. The number of esters is 2. The van der Waals surface area contributed by atoms with E-state index in [4.69, 9.17) is 23.4 Å². The zero-order valence-corrected chi connectivity index (χ0v) is 27.1. The lowest BCUT2D eigenvalue weighted by molar-refractivity contribution is -0.303. The minimum Gasteiger partial charge on any atom is -0.458 e. The predicted octanol–water partition coefficient (Wildman–Crippen LogP) is 1.71. The average Bonchev–Trinajstić information content (AvgIpc) is 3.28. The average molecular weight is 661 g/mol. The standard InChI is InChI=1S/C34H44O13/c1-17-13-24(45-18(2)36)28(46-19(3)37)30(44-17)47-21-7-10-32(16-35)26-23(8-11-33(32,41)14-21)34(42)12-9-22(20-5-6-25(38)43-15-20)31(34,4)29(40)27(26)39/h5-6,15-17,21-24,26-28,30,39,41-42H,7-14H2,1-4H3. The van der Waals surface area contributed by atoms with Gasteiger partial charge in [-0.3, -0.25) is 14.4 Å². The smallest absolute Gasteiger partial charge is 0.335 e. The Balaban J connectivity index is 1.28. The Bertz CT molecular complexity index is 1470. The van der Waals surface area contributed by atoms with Gasteiger partial charge in [0.05, 0.1) is 40.5 Å². The summed E-state index contributed by atoms with van der Waals surface area (Å²) in [5.74, 6) is -4.04. The fourth-order valence-electron chi connectivity index (χ4n) is 10.1. The fraction of sp³-hybridized carbons (Fsp3) is 0.735. The van der Waals surface area contributed by atoms with Gasteiger partial charge in [-0.2, -0.15) is 0 Å². The number of carbonyl (C=O) groups excluding carboxylic acids is 4. The molecule has 1 aromatic heterocycles. The molecule has 3 N–H and O–H groups in total. The molecular formula is C34H44O13. The van der Waals surface area contributed by atoms with E-state index >= 15 is 0 Å². The number of Topliss-reactive ketones (excluding diaryl/α,β-unsaturated/α-hetero) is 1. The van der Waals surface area contributed by atoms with Crippen LogP contribution in [0, 0.1) is 22.7 Å². The van der Waals surface area contributed by atoms with Crippen LogP contribution in [0.3, 0.4) is 0 Å². The molecule has 0 bridgehead atoms. The third kappa shape index (κ3) is 5.11. The van der Waals surface area contributed by atoms with Crippen molar-refractivity contribution in [3.05, 3.63) is 34.4 Å². The molecule has 5 aliphatic rings. The van der Waals surface area contributed by atoms with Gasteiger partial charge in [0.1, 0.15) is 18.5 Å². The summed E-state index contributed by atoms with van der Waals surface area (Å²) < 4.78 is 28.3. The van der Waals surface area contributed by atoms with Gasteiger partial charge in [-0.1, -0.05) is 0 Å². The van der Waals surface area contributed by atoms with Crippen LogP contribution >= 0.6 is 0 Å². The van der Waals surface area contributed by atoms with Crippen molar-refractivity contribution in [2.24, 2.45) is 22.7 Å². The maximum Gasteiger partial charge on any atom is 0.335 e. The van der Waals surface area contributed by atoms with Crippen LogP contribution in [-0.4, -0.2) is 87.3 Å². The second-order valence-electron chi connectivity index (χ2n) is 14.5. The van der Waals surface area contributed by atoms with Gasteiger partial charge in [0, 0.05) is 44.6 Å². The van der Waals surface area contributed by atoms with Crippen molar-refractivity contribution >= 4 is 24.0 Å². The van der Waals surface area contributed by atoms with Crippen LogP contribution in [0.1, 0.15) is 90.5 Å². The van der Waals surface area contributed by atoms with Crippen molar-refractivity contribution in [2.45, 2.75) is 133 Å². The molecule has 13 atom stereocenters. The van der Waals surface area contributed by atoms with Crippen molar-refractivity contribution in [3.63, 3.8) is 0 Å². The molecule has 0 spiro atoms. The number of rotatable bonds is 6. The highest BCUT2D eigenvalue weighted by Gasteiger charge is 2.76. The van der Waals surface area contributed by atoms with Gasteiger partial charge in [-0.15, -0.1) is 0 Å². The van der Waals surface area contributed by atoms with E-state index in [9.17, 15) is 39.3 Å². The Morgan fingerprint density at radius 1 is 1.02 bits per heavy atom. The first-order chi connectivity index (χ1) is 22.1. The van der Waals surface area contributed by atoms with Gasteiger partial charge in [-0.25, -0.2) is 4.79 Å². The van der Waals surface area contributed by atoms with Crippen LogP contribution in [-0.2, 0) is 38.1 Å². The monoisotopic (exact) mass is 660 g/mol. The lowest BCUT2D eigenvalue weighted by Gasteiger charge is -2.65. The molecule has 4 aliphatic carbocycles. The number of aliphatic hydroxyl groups excluding tert-OH is 1. The zero-order chi connectivity index (χ0) is 34.1. The minimum atomic E-state index is -1.70. The molecule has 13 unspecified atom stereocenters. The number of ether oxygens (including phenoxy) is 4. The molecule has 0 radical (unpaired) electrons. The fourth-order valence-corrected chi connectivity index (χ4v) is 10.1. The second kappa shape index (κ2) is 11.9. The first-order valence-electron chi connectivity index (χ1n) is 16.5. The summed E-state index contributed by atoms with van der Waals surface area (Å²) in [6, 6.07) is 2.83. The summed E-state index contributed by atoms with van der Waals surface area (Å²) in [5, 5.41) is 36.6. The number of ketones is 1. The van der Waals surface area contributed by atoms with Crippen molar-refractivity contribution in [3.8, 4) is 0 Å². The lowest BCUT2D eigenvalue weighted by Crippen LogP contribution is -2.74. The minimum absolute atomic E-state index is 0.0451. The van der Waals surface area contributed by atoms with Crippen LogP contribution in [0.4, 0.5) is 0 Å². The largest absolute Gasteiger partial charge is 0.458 e. The van der Waals surface area contributed by atoms with Crippen molar-refractivity contribution in [2.75, 3.05) is 0 Å². The van der Waals surface area contributed by atoms with Gasteiger partial charge in [0.15, 0.2) is 18.2 Å². The molecule has 1 saturated heterocycles. The maximum absolute atomic E-state index is 14.2. The molecule has 2 heterocycles. The molecule has 4 saturated carbocycles. The van der Waals surface area contributed by atoms with E-state index < -0.39 is 99.9 Å². The number of carbonyl (C=O) groups is 4. The second-order valence-corrected chi connectivity index (χ2v) is 14.5. The lowest BCUT2D eigenvalue weighted by atomic mass is 9.40. The van der Waals surface area contributed by atoms with E-state index in [2.05, 4.69) is 0 Å². The van der Waals surface area contributed by atoms with Crippen LogP contribution in [0.5, 0.6) is 0 Å². The molecular weight excluding hydrogens is 616 g/mol. The SMILES string of the molecule is CC(=O)OC1CC(C)OC(OC2CCC3(C=O)C4C(O)C(=O)C5(C)C(c6ccc(=O)oc6)CCC5(O)C4CCC3(O)C2)C1OC(C)=O. The predicted molar refractivity (Wildman–Crippen MR) is 159 cm³/mol. The first-order valence-corrected chi connectivity index (χ1v) is 16.5. The molecule has 0 amide bonds. The molecule has 13 heteroatoms. The molecule has 47 heavy (non-hydrogen) atoms. The van der Waals surface area contributed by atoms with Crippen LogP contribution in [0.15, 0.2) is 27.6 Å². The first kappa shape index (κ1) is 33.9. The van der Waals surface area contributed by atoms with Gasteiger partial charge in [0.2, 0.25) is 0 Å². The molecule has 258 valence electrons. The van der Waals surface area contributed by atoms with E-state index in [0.717, 1.165) is 0 Å². The van der Waals surface area contributed by atoms with E-state index in [1.807, 2.05) is 0 Å². The summed E-state index contributed by atoms with van der Waals surface area (Å²) >= 11 is 0. The molecule has 0 aromatic carbocycles. The van der Waals surface area contributed by atoms with Gasteiger partial charge in [-0.05, 0) is 69.9 Å². The molecule has 5 fully saturated rings. The highest BCUT2D eigenvalue weighted by molar-refractivity contribution is 5.93.